The fourth-order valence-electron chi connectivity index (χ4n) is 5.45. The lowest BCUT2D eigenvalue weighted by molar-refractivity contribution is -0.144. The van der Waals surface area contributed by atoms with Crippen LogP contribution in [0, 0.1) is 5.92 Å². The molecule has 3 N–H and O–H groups in total. The molecular weight excluding hydrogens is 558 g/mol. The second kappa shape index (κ2) is 16.5. The fourth-order valence-corrected chi connectivity index (χ4v) is 5.67. The molecule has 10 heteroatoms. The van der Waals surface area contributed by atoms with E-state index in [0.717, 1.165) is 42.5 Å². The zero-order valence-electron chi connectivity index (χ0n) is 24.1. The van der Waals surface area contributed by atoms with Crippen LogP contribution in [0.1, 0.15) is 62.5 Å². The highest BCUT2D eigenvalue weighted by Gasteiger charge is 2.27. The average Bonchev–Trinajstić information content (AvgIpc) is 3.23. The lowest BCUT2D eigenvalue weighted by atomic mass is 9.84. The minimum atomic E-state index is -0.742. The van der Waals surface area contributed by atoms with Crippen LogP contribution in [0.3, 0.4) is 0 Å². The Balaban J connectivity index is 1.29. The summed E-state index contributed by atoms with van der Waals surface area (Å²) in [6, 6.07) is 14.4. The van der Waals surface area contributed by atoms with Gasteiger partial charge in [-0.05, 0) is 49.1 Å². The van der Waals surface area contributed by atoms with Crippen LogP contribution >= 0.6 is 11.6 Å². The fraction of sp³-hybridized carbons (Fsp3) is 0.500. The third-order valence-corrected chi connectivity index (χ3v) is 7.99. The number of anilines is 1. The number of rotatable bonds is 14. The summed E-state index contributed by atoms with van der Waals surface area (Å²) in [6.07, 6.45) is 5.89. The summed E-state index contributed by atoms with van der Waals surface area (Å²) in [4.78, 5) is 33.7. The van der Waals surface area contributed by atoms with Crippen molar-refractivity contribution in [1.29, 1.82) is 0 Å². The molecule has 1 saturated carbocycles. The molecule has 1 aliphatic heterocycles. The van der Waals surface area contributed by atoms with Gasteiger partial charge in [-0.1, -0.05) is 74.0 Å². The molecule has 1 aliphatic carbocycles. The number of nitrogens with zero attached hydrogens (tertiary/aromatic N) is 1. The van der Waals surface area contributed by atoms with Gasteiger partial charge in [0.1, 0.15) is 18.8 Å². The third kappa shape index (κ3) is 9.73. The van der Waals surface area contributed by atoms with Crippen LogP contribution in [0.5, 0.6) is 0 Å². The smallest absolute Gasteiger partial charge is 0.266 e. The number of ether oxygens (including phenoxy) is 2. The molecule has 1 fully saturated rings. The van der Waals surface area contributed by atoms with Gasteiger partial charge in [-0.15, -0.1) is 0 Å². The largest absolute Gasteiger partial charge is 0.475 e. The van der Waals surface area contributed by atoms with Gasteiger partial charge >= 0.3 is 0 Å². The van der Waals surface area contributed by atoms with E-state index in [1.54, 1.807) is 11.0 Å². The van der Waals surface area contributed by atoms with Crippen LogP contribution in [0.4, 0.5) is 5.69 Å². The maximum atomic E-state index is 13.3. The number of fused-ring (bicyclic) bond motifs is 1. The highest BCUT2D eigenvalue weighted by atomic mass is 35.5. The van der Waals surface area contributed by atoms with Gasteiger partial charge in [-0.2, -0.15) is 0 Å². The lowest BCUT2D eigenvalue weighted by Crippen LogP contribution is -2.46. The van der Waals surface area contributed by atoms with Gasteiger partial charge in [-0.25, -0.2) is 5.48 Å². The molecule has 42 heavy (non-hydrogen) atoms. The number of aliphatic hydroxyl groups is 1. The SMILES string of the molecule is C=C(N[C@@H](CC1CCCCC1)C(=O)NOC(CO)CCC(=O)N1CCOCc2ccccc21)OCc1cccc(Cl)c1. The van der Waals surface area contributed by atoms with Crippen LogP contribution in [0.2, 0.25) is 5.02 Å². The van der Waals surface area contributed by atoms with E-state index in [-0.39, 0.29) is 43.8 Å². The van der Waals surface area contributed by atoms with Crippen molar-refractivity contribution in [2.24, 2.45) is 5.92 Å². The monoisotopic (exact) mass is 599 g/mol. The molecule has 2 atom stereocenters. The molecule has 4 rings (SSSR count). The maximum absolute atomic E-state index is 13.3. The predicted molar refractivity (Wildman–Crippen MR) is 161 cm³/mol. The molecule has 9 nitrogen and oxygen atoms in total. The number of aliphatic hydroxyl groups excluding tert-OH is 1. The molecule has 0 aromatic heterocycles. The molecular formula is C32H42ClN3O6. The number of halogens is 1. The number of hydroxylamine groups is 1. The van der Waals surface area contributed by atoms with Gasteiger partial charge < -0.3 is 24.8 Å². The predicted octanol–water partition coefficient (Wildman–Crippen LogP) is 5.01. The molecule has 0 spiro atoms. The van der Waals surface area contributed by atoms with Gasteiger partial charge in [0.25, 0.3) is 5.91 Å². The summed E-state index contributed by atoms with van der Waals surface area (Å²) >= 11 is 6.07. The minimum absolute atomic E-state index is 0.0914. The first kappa shape index (κ1) is 31.8. The molecule has 0 radical (unpaired) electrons. The van der Waals surface area contributed by atoms with Gasteiger partial charge in [0.05, 0.1) is 19.8 Å². The van der Waals surface area contributed by atoms with Crippen molar-refractivity contribution in [2.75, 3.05) is 24.7 Å². The summed E-state index contributed by atoms with van der Waals surface area (Å²) < 4.78 is 11.4. The molecule has 2 amide bonds. The van der Waals surface area contributed by atoms with Gasteiger partial charge in [0.2, 0.25) is 5.91 Å². The summed E-state index contributed by atoms with van der Waals surface area (Å²) in [7, 11) is 0. The lowest BCUT2D eigenvalue weighted by Gasteiger charge is -2.28. The normalized spacial score (nSPS) is 17.0. The standard InChI is InChI=1S/C32H42ClN3O6/c1-23(41-21-25-10-7-12-27(33)18-25)34-29(19-24-8-3-2-4-9-24)32(39)35-42-28(20-37)14-15-31(38)36-16-17-40-22-26-11-5-6-13-30(26)36/h5-7,10-13,18,24,28-29,34,37H,1-4,8-9,14-17,19-22H2,(H,35,39)/t28?,29-/m0/s1. The zero-order chi connectivity index (χ0) is 29.7. The summed E-state index contributed by atoms with van der Waals surface area (Å²) in [5.74, 6) is 0.203. The molecule has 228 valence electrons. The number of hydrogen-bond acceptors (Lipinski definition) is 7. The zero-order valence-corrected chi connectivity index (χ0v) is 24.8. The Bertz CT molecular complexity index is 1190. The summed E-state index contributed by atoms with van der Waals surface area (Å²) in [5, 5.41) is 13.7. The van der Waals surface area contributed by atoms with E-state index in [0.29, 0.717) is 37.1 Å². The quantitative estimate of drug-likeness (QED) is 0.207. The molecule has 2 aromatic rings. The topological polar surface area (TPSA) is 109 Å². The van der Waals surface area contributed by atoms with Crippen molar-refractivity contribution in [3.8, 4) is 0 Å². The Morgan fingerprint density at radius 1 is 1.14 bits per heavy atom. The van der Waals surface area contributed by atoms with Crippen LogP contribution in [-0.4, -0.2) is 48.8 Å². The number of hydrogen-bond donors (Lipinski definition) is 3. The summed E-state index contributed by atoms with van der Waals surface area (Å²) in [6.45, 7) is 5.23. The third-order valence-electron chi connectivity index (χ3n) is 7.76. The van der Waals surface area contributed by atoms with Crippen molar-refractivity contribution in [3.63, 3.8) is 0 Å². The van der Waals surface area contributed by atoms with Crippen molar-refractivity contribution < 1.29 is 29.0 Å². The van der Waals surface area contributed by atoms with E-state index < -0.39 is 12.1 Å². The summed E-state index contributed by atoms with van der Waals surface area (Å²) in [5.41, 5.74) is 5.20. The highest BCUT2D eigenvalue weighted by molar-refractivity contribution is 6.30. The van der Waals surface area contributed by atoms with E-state index in [4.69, 9.17) is 25.9 Å². The first-order valence-electron chi connectivity index (χ1n) is 14.8. The van der Waals surface area contributed by atoms with Crippen LogP contribution in [-0.2, 0) is 37.1 Å². The number of nitrogens with one attached hydrogen (secondary N) is 2. The van der Waals surface area contributed by atoms with Gasteiger partial charge in [0.15, 0.2) is 5.88 Å². The average molecular weight is 600 g/mol. The second-order valence-corrected chi connectivity index (χ2v) is 11.4. The van der Waals surface area contributed by atoms with E-state index in [1.807, 2.05) is 42.5 Å². The minimum Gasteiger partial charge on any atom is -0.475 e. The molecule has 1 unspecified atom stereocenters. The van der Waals surface area contributed by atoms with E-state index in [9.17, 15) is 14.7 Å². The van der Waals surface area contributed by atoms with Crippen LogP contribution in [0.15, 0.2) is 61.0 Å². The maximum Gasteiger partial charge on any atom is 0.266 e. The van der Waals surface area contributed by atoms with Crippen molar-refractivity contribution in [2.45, 2.75) is 76.7 Å². The van der Waals surface area contributed by atoms with E-state index >= 15 is 0 Å². The molecule has 0 saturated heterocycles. The van der Waals surface area contributed by atoms with Crippen LogP contribution < -0.4 is 15.7 Å². The number of carbonyl (C=O) groups is 2. The van der Waals surface area contributed by atoms with E-state index in [1.165, 1.54) is 6.42 Å². The Kier molecular flexibility index (Phi) is 12.5. The Labute approximate surface area is 253 Å². The molecule has 0 bridgehead atoms. The number of benzene rings is 2. The Morgan fingerprint density at radius 3 is 2.74 bits per heavy atom. The van der Waals surface area contributed by atoms with Crippen molar-refractivity contribution >= 4 is 29.1 Å². The first-order valence-corrected chi connectivity index (χ1v) is 15.2. The van der Waals surface area contributed by atoms with Crippen molar-refractivity contribution in [3.05, 3.63) is 77.1 Å². The van der Waals surface area contributed by atoms with Gasteiger partial charge in [0, 0.05) is 29.2 Å². The van der Waals surface area contributed by atoms with Crippen LogP contribution in [0.25, 0.3) is 0 Å². The Hall–Kier alpha value is -3.11. The molecule has 2 aliphatic rings. The van der Waals surface area contributed by atoms with Crippen molar-refractivity contribution in [1.82, 2.24) is 10.8 Å². The first-order chi connectivity index (χ1) is 20.4. The number of para-hydroxylation sites is 1. The van der Waals surface area contributed by atoms with Gasteiger partial charge in [-0.3, -0.25) is 14.4 Å². The second-order valence-electron chi connectivity index (χ2n) is 10.9. The Morgan fingerprint density at radius 2 is 1.95 bits per heavy atom. The number of carbonyl (C=O) groups excluding carboxylic acids is 2. The number of amides is 2. The van der Waals surface area contributed by atoms with E-state index in [2.05, 4.69) is 17.4 Å². The molecule has 2 aromatic carbocycles. The highest BCUT2D eigenvalue weighted by Crippen LogP contribution is 2.28. The molecule has 1 heterocycles.